The van der Waals surface area contributed by atoms with E-state index in [4.69, 9.17) is 0 Å². The van der Waals surface area contributed by atoms with Crippen LogP contribution in [0.1, 0.15) is 26.2 Å². The molecule has 0 atom stereocenters. The van der Waals surface area contributed by atoms with Gasteiger partial charge in [0.1, 0.15) is 12.1 Å². The molecule has 0 saturated carbocycles. The summed E-state index contributed by atoms with van der Waals surface area (Å²) in [5.74, 6) is 2.41. The molecular weight excluding hydrogens is 402 g/mol. The molecule has 8 nitrogen and oxygen atoms in total. The van der Waals surface area contributed by atoms with Gasteiger partial charge in [0.15, 0.2) is 0 Å². The smallest absolute Gasteiger partial charge is 0.254 e. The highest BCUT2D eigenvalue weighted by molar-refractivity contribution is 5.76. The lowest BCUT2D eigenvalue weighted by atomic mass is 9.92. The van der Waals surface area contributed by atoms with E-state index < -0.39 is 0 Å². The van der Waals surface area contributed by atoms with E-state index in [-0.39, 0.29) is 0 Å². The fourth-order valence-corrected chi connectivity index (χ4v) is 4.83. The van der Waals surface area contributed by atoms with E-state index in [2.05, 4.69) is 54.9 Å². The summed E-state index contributed by atoms with van der Waals surface area (Å²) in [6.07, 6.45) is 4.26. The van der Waals surface area contributed by atoms with Gasteiger partial charge in [-0.05, 0) is 25.3 Å². The normalized spacial score (nSPS) is 18.4. The van der Waals surface area contributed by atoms with Crippen molar-refractivity contribution in [3.63, 3.8) is 0 Å². The summed E-state index contributed by atoms with van der Waals surface area (Å²) in [4.78, 5) is 28.7. The number of amides is 1. The topological polar surface area (TPSA) is 69.9 Å². The van der Waals surface area contributed by atoms with Gasteiger partial charge in [0.2, 0.25) is 5.91 Å². The van der Waals surface area contributed by atoms with Gasteiger partial charge in [-0.25, -0.2) is 4.98 Å². The van der Waals surface area contributed by atoms with Crippen molar-refractivity contribution in [2.45, 2.75) is 26.2 Å². The highest BCUT2D eigenvalue weighted by Crippen LogP contribution is 2.28. The second-order valence-electron chi connectivity index (χ2n) is 8.79. The van der Waals surface area contributed by atoms with E-state index in [1.165, 1.54) is 0 Å². The number of aromatic nitrogens is 4. The van der Waals surface area contributed by atoms with E-state index in [0.717, 1.165) is 75.7 Å². The average Bonchev–Trinajstić information content (AvgIpc) is 3.33. The van der Waals surface area contributed by atoms with E-state index in [9.17, 15) is 4.79 Å². The van der Waals surface area contributed by atoms with E-state index >= 15 is 0 Å². The standard InChI is InChI=1S/C24H31N7O/c1-2-28-12-14-30(15-13-28)23(32)16-19-8-10-29(11-9-19)22-17-21(20-6-4-3-5-7-20)27-24-25-18-26-31(22)24/h3-7,17-19H,2,8-16H2,1H3. The molecule has 0 unspecified atom stereocenters. The van der Waals surface area contributed by atoms with Crippen LogP contribution in [0.25, 0.3) is 17.0 Å². The Morgan fingerprint density at radius 2 is 1.78 bits per heavy atom. The van der Waals surface area contributed by atoms with Gasteiger partial charge in [0, 0.05) is 57.3 Å². The molecule has 8 heteroatoms. The van der Waals surface area contributed by atoms with Gasteiger partial charge in [0.25, 0.3) is 5.78 Å². The molecular formula is C24H31N7O. The molecule has 0 spiro atoms. The summed E-state index contributed by atoms with van der Waals surface area (Å²) in [5, 5.41) is 4.41. The number of piperidine rings is 1. The van der Waals surface area contributed by atoms with Crippen molar-refractivity contribution in [2.75, 3.05) is 50.7 Å². The number of carbonyl (C=O) groups excluding carboxylic acids is 1. The number of hydrogen-bond acceptors (Lipinski definition) is 6. The minimum Gasteiger partial charge on any atom is -0.356 e. The second kappa shape index (κ2) is 9.24. The Labute approximate surface area is 188 Å². The first-order valence-corrected chi connectivity index (χ1v) is 11.7. The van der Waals surface area contributed by atoms with Gasteiger partial charge in [0.05, 0.1) is 5.69 Å². The van der Waals surface area contributed by atoms with Gasteiger partial charge < -0.3 is 14.7 Å². The molecule has 3 aromatic rings. The third-order valence-electron chi connectivity index (χ3n) is 6.88. The molecule has 2 aliphatic heterocycles. The molecule has 2 saturated heterocycles. The lowest BCUT2D eigenvalue weighted by Gasteiger charge is -2.36. The predicted octanol–water partition coefficient (Wildman–Crippen LogP) is 2.56. The van der Waals surface area contributed by atoms with Crippen LogP contribution in [0.2, 0.25) is 0 Å². The van der Waals surface area contributed by atoms with Crippen LogP contribution in [0.4, 0.5) is 5.82 Å². The zero-order chi connectivity index (χ0) is 21.9. The van der Waals surface area contributed by atoms with Crippen molar-refractivity contribution in [3.8, 4) is 11.3 Å². The molecule has 2 fully saturated rings. The van der Waals surface area contributed by atoms with Crippen LogP contribution in [0.3, 0.4) is 0 Å². The monoisotopic (exact) mass is 433 g/mol. The highest BCUT2D eigenvalue weighted by Gasteiger charge is 2.27. The minimum atomic E-state index is 0.327. The Hall–Kier alpha value is -3.00. The van der Waals surface area contributed by atoms with Crippen LogP contribution in [0.5, 0.6) is 0 Å². The first-order valence-electron chi connectivity index (χ1n) is 11.7. The molecule has 168 valence electrons. The minimum absolute atomic E-state index is 0.327. The number of nitrogens with zero attached hydrogens (tertiary/aromatic N) is 7. The van der Waals surface area contributed by atoms with Crippen molar-refractivity contribution in [2.24, 2.45) is 5.92 Å². The number of carbonyl (C=O) groups is 1. The third kappa shape index (κ3) is 4.32. The molecule has 1 amide bonds. The molecule has 0 radical (unpaired) electrons. The van der Waals surface area contributed by atoms with Gasteiger partial charge in [-0.1, -0.05) is 37.3 Å². The lowest BCUT2D eigenvalue weighted by molar-refractivity contribution is -0.134. The molecule has 5 rings (SSSR count). The Morgan fingerprint density at radius 3 is 2.50 bits per heavy atom. The van der Waals surface area contributed by atoms with Crippen LogP contribution in [-0.2, 0) is 4.79 Å². The molecule has 0 N–H and O–H groups in total. The summed E-state index contributed by atoms with van der Waals surface area (Å²) in [6, 6.07) is 12.3. The van der Waals surface area contributed by atoms with E-state index in [0.29, 0.717) is 24.0 Å². The maximum atomic E-state index is 12.8. The van der Waals surface area contributed by atoms with E-state index in [1.807, 2.05) is 22.7 Å². The Bertz CT molecular complexity index is 1050. The van der Waals surface area contributed by atoms with Gasteiger partial charge in [-0.15, -0.1) is 0 Å². The van der Waals surface area contributed by atoms with Crippen molar-refractivity contribution in [1.82, 2.24) is 29.4 Å². The molecule has 2 aromatic heterocycles. The highest BCUT2D eigenvalue weighted by atomic mass is 16.2. The van der Waals surface area contributed by atoms with Gasteiger partial charge in [-0.3, -0.25) is 4.79 Å². The largest absolute Gasteiger partial charge is 0.356 e. The number of benzene rings is 1. The fraction of sp³-hybridized carbons (Fsp3) is 0.500. The summed E-state index contributed by atoms with van der Waals surface area (Å²) in [7, 11) is 0. The molecule has 1 aromatic carbocycles. The fourth-order valence-electron chi connectivity index (χ4n) is 4.83. The van der Waals surface area contributed by atoms with Crippen LogP contribution in [0.15, 0.2) is 42.7 Å². The summed E-state index contributed by atoms with van der Waals surface area (Å²) in [5.41, 5.74) is 1.98. The molecule has 32 heavy (non-hydrogen) atoms. The molecule has 0 aliphatic carbocycles. The summed E-state index contributed by atoms with van der Waals surface area (Å²) in [6.45, 7) is 8.82. The Balaban J connectivity index is 1.24. The maximum absolute atomic E-state index is 12.8. The number of hydrogen-bond donors (Lipinski definition) is 0. The zero-order valence-corrected chi connectivity index (χ0v) is 18.7. The van der Waals surface area contributed by atoms with E-state index in [1.54, 1.807) is 6.33 Å². The Morgan fingerprint density at radius 1 is 1.03 bits per heavy atom. The number of rotatable bonds is 5. The van der Waals surface area contributed by atoms with Crippen molar-refractivity contribution < 1.29 is 4.79 Å². The van der Waals surface area contributed by atoms with Crippen molar-refractivity contribution >= 4 is 17.5 Å². The van der Waals surface area contributed by atoms with Crippen molar-refractivity contribution in [1.29, 1.82) is 0 Å². The maximum Gasteiger partial charge on any atom is 0.254 e. The van der Waals surface area contributed by atoms with Crippen LogP contribution in [-0.4, -0.2) is 81.1 Å². The first-order chi connectivity index (χ1) is 15.7. The predicted molar refractivity (Wildman–Crippen MR) is 124 cm³/mol. The van der Waals surface area contributed by atoms with Gasteiger partial charge >= 0.3 is 0 Å². The van der Waals surface area contributed by atoms with Gasteiger partial charge in [-0.2, -0.15) is 14.6 Å². The molecule has 2 aliphatic rings. The number of piperazine rings is 1. The second-order valence-corrected chi connectivity index (χ2v) is 8.79. The van der Waals surface area contributed by atoms with Crippen LogP contribution >= 0.6 is 0 Å². The average molecular weight is 434 g/mol. The third-order valence-corrected chi connectivity index (χ3v) is 6.88. The SMILES string of the molecule is CCN1CCN(C(=O)CC2CCN(c3cc(-c4ccccc4)nc4ncnn34)CC2)CC1. The summed E-state index contributed by atoms with van der Waals surface area (Å²) >= 11 is 0. The summed E-state index contributed by atoms with van der Waals surface area (Å²) < 4.78 is 1.82. The Kier molecular flexibility index (Phi) is 6.03. The van der Waals surface area contributed by atoms with Crippen LogP contribution in [0, 0.1) is 5.92 Å². The number of anilines is 1. The molecule has 4 heterocycles. The zero-order valence-electron chi connectivity index (χ0n) is 18.7. The van der Waals surface area contributed by atoms with Crippen molar-refractivity contribution in [3.05, 3.63) is 42.7 Å². The van der Waals surface area contributed by atoms with Crippen LogP contribution < -0.4 is 4.90 Å². The first kappa shape index (κ1) is 20.9. The number of fused-ring (bicyclic) bond motifs is 1. The quantitative estimate of drug-likeness (QED) is 0.616. The number of likely N-dealkylation sites (N-methyl/N-ethyl adjacent to an activating group) is 1. The lowest BCUT2D eigenvalue weighted by Crippen LogP contribution is -2.49. The molecule has 0 bridgehead atoms.